The molecule has 0 heterocycles. The molecule has 1 unspecified atom stereocenters. The van der Waals surface area contributed by atoms with Crippen LogP contribution in [0.4, 0.5) is 0 Å². The lowest BCUT2D eigenvalue weighted by atomic mass is 10.2. The molecule has 3 heteroatoms. The second kappa shape index (κ2) is 6.66. The second-order valence-electron chi connectivity index (χ2n) is 3.19. The first-order chi connectivity index (χ1) is 6.07. The highest BCUT2D eigenvalue weighted by molar-refractivity contribution is 5.72. The van der Waals surface area contributed by atoms with E-state index in [0.29, 0.717) is 13.0 Å². The van der Waals surface area contributed by atoms with Gasteiger partial charge in [-0.1, -0.05) is 18.9 Å². The predicted octanol–water partition coefficient (Wildman–Crippen LogP) is 2.22. The average Bonchev–Trinajstić information content (AvgIpc) is 2.02. The lowest BCUT2D eigenvalue weighted by Crippen LogP contribution is -2.24. The number of carboxylic acid groups (broad SMARTS) is 1. The van der Waals surface area contributed by atoms with Crippen LogP contribution in [0.25, 0.3) is 0 Å². The fourth-order valence-electron chi connectivity index (χ4n) is 0.916. The molecular formula is C10H18O3. The normalized spacial score (nSPS) is 12.5. The molecule has 1 N–H and O–H groups in total. The van der Waals surface area contributed by atoms with Crippen molar-refractivity contribution in [2.24, 2.45) is 0 Å². The fraction of sp³-hybridized carbons (Fsp3) is 0.700. The van der Waals surface area contributed by atoms with Crippen molar-refractivity contribution in [1.82, 2.24) is 0 Å². The Kier molecular flexibility index (Phi) is 6.24. The summed E-state index contributed by atoms with van der Waals surface area (Å²) >= 11 is 0. The minimum absolute atomic E-state index is 0.451. The third kappa shape index (κ3) is 6.34. The fourth-order valence-corrected chi connectivity index (χ4v) is 0.916. The number of ether oxygens (including phenoxy) is 1. The summed E-state index contributed by atoms with van der Waals surface area (Å²) in [5.41, 5.74) is 1.01. The van der Waals surface area contributed by atoms with Crippen LogP contribution in [0.1, 0.15) is 33.1 Å². The topological polar surface area (TPSA) is 46.5 Å². The molecule has 0 saturated carbocycles. The van der Waals surface area contributed by atoms with Crippen molar-refractivity contribution in [2.45, 2.75) is 39.2 Å². The van der Waals surface area contributed by atoms with Gasteiger partial charge in [-0.05, 0) is 19.8 Å². The van der Waals surface area contributed by atoms with Crippen molar-refractivity contribution < 1.29 is 14.6 Å². The highest BCUT2D eigenvalue weighted by Gasteiger charge is 2.15. The molecular weight excluding hydrogens is 168 g/mol. The molecule has 0 aromatic carbocycles. The molecule has 0 bridgehead atoms. The van der Waals surface area contributed by atoms with Gasteiger partial charge in [-0.15, -0.1) is 6.58 Å². The van der Waals surface area contributed by atoms with Gasteiger partial charge in [0.05, 0.1) is 6.61 Å². The van der Waals surface area contributed by atoms with Crippen LogP contribution in [0.2, 0.25) is 0 Å². The molecule has 0 aliphatic rings. The molecule has 0 aromatic heterocycles. The smallest absolute Gasteiger partial charge is 0.332 e. The Hall–Kier alpha value is -0.830. The van der Waals surface area contributed by atoms with E-state index in [1.807, 2.05) is 13.8 Å². The molecule has 13 heavy (non-hydrogen) atoms. The number of hydrogen-bond acceptors (Lipinski definition) is 2. The molecule has 0 aromatic rings. The maximum Gasteiger partial charge on any atom is 0.332 e. The third-order valence-corrected chi connectivity index (χ3v) is 1.67. The van der Waals surface area contributed by atoms with Crippen molar-refractivity contribution >= 4 is 5.97 Å². The molecule has 0 rings (SSSR count). The Labute approximate surface area is 79.4 Å². The quantitative estimate of drug-likeness (QED) is 0.620. The largest absolute Gasteiger partial charge is 0.479 e. The molecule has 0 aliphatic carbocycles. The molecule has 0 aliphatic heterocycles. The molecule has 76 valence electrons. The number of carbonyl (C=O) groups is 1. The van der Waals surface area contributed by atoms with Crippen molar-refractivity contribution in [1.29, 1.82) is 0 Å². The van der Waals surface area contributed by atoms with Gasteiger partial charge in [-0.2, -0.15) is 0 Å². The summed E-state index contributed by atoms with van der Waals surface area (Å²) in [4.78, 5) is 10.6. The van der Waals surface area contributed by atoms with Gasteiger partial charge < -0.3 is 9.84 Å². The van der Waals surface area contributed by atoms with E-state index in [-0.39, 0.29) is 0 Å². The highest BCUT2D eigenvalue weighted by atomic mass is 16.5. The Bertz CT molecular complexity index is 175. The van der Waals surface area contributed by atoms with Crippen LogP contribution in [0.3, 0.4) is 0 Å². The van der Waals surface area contributed by atoms with Crippen LogP contribution in [-0.2, 0) is 9.53 Å². The maximum atomic E-state index is 10.6. The minimum Gasteiger partial charge on any atom is -0.479 e. The Balaban J connectivity index is 3.69. The Morgan fingerprint density at radius 2 is 2.23 bits per heavy atom. The van der Waals surface area contributed by atoms with E-state index in [9.17, 15) is 4.79 Å². The lowest BCUT2D eigenvalue weighted by molar-refractivity contribution is -0.150. The lowest BCUT2D eigenvalue weighted by Gasteiger charge is -2.12. The van der Waals surface area contributed by atoms with Crippen LogP contribution in [0.15, 0.2) is 12.2 Å². The second-order valence-corrected chi connectivity index (χ2v) is 3.19. The molecule has 0 spiro atoms. The number of carboxylic acids is 1. The van der Waals surface area contributed by atoms with Gasteiger partial charge >= 0.3 is 5.97 Å². The van der Waals surface area contributed by atoms with Crippen molar-refractivity contribution in [3.05, 3.63) is 12.2 Å². The monoisotopic (exact) mass is 186 g/mol. The van der Waals surface area contributed by atoms with Crippen LogP contribution in [0, 0.1) is 0 Å². The molecule has 0 saturated heterocycles. The van der Waals surface area contributed by atoms with Gasteiger partial charge in [0, 0.05) is 0 Å². The first kappa shape index (κ1) is 12.2. The van der Waals surface area contributed by atoms with E-state index in [1.165, 1.54) is 0 Å². The molecule has 0 radical (unpaired) electrons. The maximum absolute atomic E-state index is 10.6. The van der Waals surface area contributed by atoms with Crippen LogP contribution in [-0.4, -0.2) is 23.8 Å². The molecule has 1 atom stereocenters. The Morgan fingerprint density at radius 1 is 1.62 bits per heavy atom. The van der Waals surface area contributed by atoms with E-state index in [4.69, 9.17) is 9.84 Å². The number of rotatable bonds is 7. The average molecular weight is 186 g/mol. The van der Waals surface area contributed by atoms with E-state index in [0.717, 1.165) is 18.4 Å². The zero-order valence-electron chi connectivity index (χ0n) is 8.38. The SMILES string of the molecule is C=C(C)CCOC(CCC)C(=O)O. The van der Waals surface area contributed by atoms with Gasteiger partial charge in [0.25, 0.3) is 0 Å². The summed E-state index contributed by atoms with van der Waals surface area (Å²) in [5, 5.41) is 8.72. The van der Waals surface area contributed by atoms with Crippen LogP contribution >= 0.6 is 0 Å². The van der Waals surface area contributed by atoms with Gasteiger partial charge in [0.1, 0.15) is 0 Å². The van der Waals surface area contributed by atoms with Gasteiger partial charge in [-0.3, -0.25) is 0 Å². The standard InChI is InChI=1S/C10H18O3/c1-4-5-9(10(11)12)13-7-6-8(2)3/h9H,2,4-7H2,1,3H3,(H,11,12). The van der Waals surface area contributed by atoms with Gasteiger partial charge in [0.2, 0.25) is 0 Å². The van der Waals surface area contributed by atoms with Crippen LogP contribution in [0.5, 0.6) is 0 Å². The first-order valence-corrected chi connectivity index (χ1v) is 4.56. The minimum atomic E-state index is -0.872. The summed E-state index contributed by atoms with van der Waals surface area (Å²) in [5.74, 6) is -0.872. The first-order valence-electron chi connectivity index (χ1n) is 4.56. The zero-order chi connectivity index (χ0) is 10.3. The summed E-state index contributed by atoms with van der Waals surface area (Å²) in [7, 11) is 0. The van der Waals surface area contributed by atoms with E-state index in [2.05, 4.69) is 6.58 Å². The summed E-state index contributed by atoms with van der Waals surface area (Å²) in [6, 6.07) is 0. The van der Waals surface area contributed by atoms with Gasteiger partial charge in [0.15, 0.2) is 6.10 Å². The van der Waals surface area contributed by atoms with E-state index >= 15 is 0 Å². The third-order valence-electron chi connectivity index (χ3n) is 1.67. The summed E-state index contributed by atoms with van der Waals surface area (Å²) in [6.07, 6.45) is 1.48. The Morgan fingerprint density at radius 3 is 2.62 bits per heavy atom. The van der Waals surface area contributed by atoms with E-state index < -0.39 is 12.1 Å². The number of hydrogen-bond donors (Lipinski definition) is 1. The molecule has 0 fully saturated rings. The van der Waals surface area contributed by atoms with Crippen molar-refractivity contribution in [3.8, 4) is 0 Å². The highest BCUT2D eigenvalue weighted by Crippen LogP contribution is 2.05. The molecule has 3 nitrogen and oxygen atoms in total. The van der Waals surface area contributed by atoms with Crippen LogP contribution < -0.4 is 0 Å². The van der Waals surface area contributed by atoms with Gasteiger partial charge in [-0.25, -0.2) is 4.79 Å². The van der Waals surface area contributed by atoms with Crippen molar-refractivity contribution in [3.63, 3.8) is 0 Å². The summed E-state index contributed by atoms with van der Waals surface area (Å²) in [6.45, 7) is 8.01. The molecule has 0 amide bonds. The van der Waals surface area contributed by atoms with Crippen molar-refractivity contribution in [2.75, 3.05) is 6.61 Å². The predicted molar refractivity (Wildman–Crippen MR) is 51.7 cm³/mol. The zero-order valence-corrected chi connectivity index (χ0v) is 8.38. The summed E-state index contributed by atoms with van der Waals surface area (Å²) < 4.78 is 5.19. The number of aliphatic carboxylic acids is 1. The van der Waals surface area contributed by atoms with E-state index in [1.54, 1.807) is 0 Å².